The molecule has 0 radical (unpaired) electrons. The number of carbonyl (C=O) groups is 2. The lowest BCUT2D eigenvalue weighted by atomic mass is 10.1. The van der Waals surface area contributed by atoms with Crippen LogP contribution in [-0.4, -0.2) is 25.9 Å². The van der Waals surface area contributed by atoms with Gasteiger partial charge in [0.05, 0.1) is 20.4 Å². The van der Waals surface area contributed by atoms with Crippen LogP contribution in [0.4, 0.5) is 5.69 Å². The molecule has 3 aromatic rings. The largest absolute Gasteiger partial charge is 0.459 e. The lowest BCUT2D eigenvalue weighted by Gasteiger charge is -2.09. The first kappa shape index (κ1) is 19.4. The first-order valence-electron chi connectivity index (χ1n) is 9.11. The van der Waals surface area contributed by atoms with Gasteiger partial charge in [0.15, 0.2) is 5.76 Å². The third-order valence-electron chi connectivity index (χ3n) is 4.18. The molecule has 0 bridgehead atoms. The second kappa shape index (κ2) is 9.01. The Morgan fingerprint density at radius 3 is 2.18 bits per heavy atom. The SMILES string of the molecule is C[NH+](C)Cc1ccc(CNC(=O)c2ccc(NC(=O)c3ccco3)cc2)cc1. The molecule has 6 nitrogen and oxygen atoms in total. The van der Waals surface area contributed by atoms with Crippen molar-refractivity contribution in [2.75, 3.05) is 19.4 Å². The van der Waals surface area contributed by atoms with Gasteiger partial charge in [-0.05, 0) is 42.0 Å². The van der Waals surface area contributed by atoms with E-state index in [0.717, 1.165) is 12.1 Å². The molecule has 28 heavy (non-hydrogen) atoms. The topological polar surface area (TPSA) is 75.8 Å². The molecule has 0 aliphatic rings. The summed E-state index contributed by atoms with van der Waals surface area (Å²) in [6, 6.07) is 18.2. The Balaban J connectivity index is 1.52. The highest BCUT2D eigenvalue weighted by Crippen LogP contribution is 2.12. The summed E-state index contributed by atoms with van der Waals surface area (Å²) in [5.41, 5.74) is 3.44. The number of amides is 2. The molecule has 1 heterocycles. The number of rotatable bonds is 7. The van der Waals surface area contributed by atoms with Crippen molar-refractivity contribution in [2.45, 2.75) is 13.1 Å². The third-order valence-corrected chi connectivity index (χ3v) is 4.18. The van der Waals surface area contributed by atoms with Crippen LogP contribution in [0.3, 0.4) is 0 Å². The van der Waals surface area contributed by atoms with Gasteiger partial charge in [-0.3, -0.25) is 9.59 Å². The maximum atomic E-state index is 12.3. The molecular formula is C22H24N3O3+. The fourth-order valence-corrected chi connectivity index (χ4v) is 2.77. The summed E-state index contributed by atoms with van der Waals surface area (Å²) in [4.78, 5) is 25.7. The normalized spacial score (nSPS) is 10.7. The number of furan rings is 1. The molecule has 0 spiro atoms. The van der Waals surface area contributed by atoms with Crippen LogP contribution < -0.4 is 15.5 Å². The number of anilines is 1. The van der Waals surface area contributed by atoms with Crippen molar-refractivity contribution in [1.29, 1.82) is 0 Å². The Kier molecular flexibility index (Phi) is 6.24. The van der Waals surface area contributed by atoms with E-state index in [1.807, 2.05) is 12.1 Å². The van der Waals surface area contributed by atoms with Gasteiger partial charge >= 0.3 is 0 Å². The highest BCUT2D eigenvalue weighted by atomic mass is 16.3. The molecule has 0 atom stereocenters. The fraction of sp³-hybridized carbons (Fsp3) is 0.182. The molecule has 0 aliphatic heterocycles. The van der Waals surface area contributed by atoms with Crippen LogP contribution in [0.1, 0.15) is 32.0 Å². The van der Waals surface area contributed by atoms with Gasteiger partial charge in [-0.2, -0.15) is 0 Å². The minimum Gasteiger partial charge on any atom is -0.459 e. The first-order chi connectivity index (χ1) is 13.5. The van der Waals surface area contributed by atoms with Crippen LogP contribution in [0.15, 0.2) is 71.3 Å². The van der Waals surface area contributed by atoms with Crippen molar-refractivity contribution < 1.29 is 18.9 Å². The van der Waals surface area contributed by atoms with E-state index in [0.29, 0.717) is 17.8 Å². The number of carbonyl (C=O) groups excluding carboxylic acids is 2. The van der Waals surface area contributed by atoms with E-state index in [1.54, 1.807) is 36.4 Å². The molecule has 144 valence electrons. The molecule has 6 heteroatoms. The molecule has 0 fully saturated rings. The molecular weight excluding hydrogens is 354 g/mol. The maximum Gasteiger partial charge on any atom is 0.291 e. The molecule has 0 unspecified atom stereocenters. The Labute approximate surface area is 164 Å². The van der Waals surface area contributed by atoms with Crippen molar-refractivity contribution in [2.24, 2.45) is 0 Å². The number of nitrogens with one attached hydrogen (secondary N) is 3. The molecule has 0 saturated heterocycles. The van der Waals surface area contributed by atoms with Gasteiger partial charge in [-0.25, -0.2) is 0 Å². The second-order valence-corrected chi connectivity index (χ2v) is 6.89. The minimum absolute atomic E-state index is 0.161. The summed E-state index contributed by atoms with van der Waals surface area (Å²) in [7, 11) is 4.23. The zero-order valence-electron chi connectivity index (χ0n) is 16.0. The van der Waals surface area contributed by atoms with Crippen LogP contribution in [-0.2, 0) is 13.1 Å². The third kappa shape index (κ3) is 5.31. The average Bonchev–Trinajstić information content (AvgIpc) is 3.22. The highest BCUT2D eigenvalue weighted by Gasteiger charge is 2.10. The first-order valence-corrected chi connectivity index (χ1v) is 9.11. The Hall–Kier alpha value is -3.38. The Bertz CT molecular complexity index is 915. The molecule has 2 amide bonds. The van der Waals surface area contributed by atoms with E-state index in [4.69, 9.17) is 4.42 Å². The van der Waals surface area contributed by atoms with E-state index in [2.05, 4.69) is 36.9 Å². The monoisotopic (exact) mass is 378 g/mol. The Morgan fingerprint density at radius 2 is 1.57 bits per heavy atom. The van der Waals surface area contributed by atoms with Crippen LogP contribution in [0.5, 0.6) is 0 Å². The van der Waals surface area contributed by atoms with Gasteiger partial charge in [0.2, 0.25) is 0 Å². The molecule has 3 N–H and O–H groups in total. The van der Waals surface area contributed by atoms with Crippen LogP contribution in [0.25, 0.3) is 0 Å². The minimum atomic E-state index is -0.332. The summed E-state index contributed by atoms with van der Waals surface area (Å²) in [6.07, 6.45) is 1.44. The molecule has 1 aromatic heterocycles. The summed E-state index contributed by atoms with van der Waals surface area (Å²) in [6.45, 7) is 1.43. The van der Waals surface area contributed by atoms with Crippen LogP contribution in [0, 0.1) is 0 Å². The number of benzene rings is 2. The van der Waals surface area contributed by atoms with Crippen LogP contribution in [0.2, 0.25) is 0 Å². The van der Waals surface area contributed by atoms with Gasteiger partial charge in [0, 0.05) is 23.4 Å². The fourth-order valence-electron chi connectivity index (χ4n) is 2.77. The number of hydrogen-bond donors (Lipinski definition) is 3. The predicted molar refractivity (Wildman–Crippen MR) is 107 cm³/mol. The predicted octanol–water partition coefficient (Wildman–Crippen LogP) is 2.11. The van der Waals surface area contributed by atoms with Gasteiger partial charge in [-0.1, -0.05) is 24.3 Å². The molecule has 0 saturated carbocycles. The van der Waals surface area contributed by atoms with Crippen molar-refractivity contribution in [3.63, 3.8) is 0 Å². The van der Waals surface area contributed by atoms with Gasteiger partial charge in [0.1, 0.15) is 6.54 Å². The van der Waals surface area contributed by atoms with E-state index >= 15 is 0 Å². The standard InChI is InChI=1S/C22H23N3O3/c1-25(2)15-17-7-5-16(6-8-17)14-23-21(26)18-9-11-19(12-10-18)24-22(27)20-4-3-13-28-20/h3-13H,14-15H2,1-2H3,(H,23,26)(H,24,27)/p+1. The maximum absolute atomic E-state index is 12.3. The molecule has 0 aliphatic carbocycles. The zero-order chi connectivity index (χ0) is 19.9. The second-order valence-electron chi connectivity index (χ2n) is 6.89. The summed E-state index contributed by atoms with van der Waals surface area (Å²) >= 11 is 0. The quantitative estimate of drug-likeness (QED) is 0.589. The summed E-state index contributed by atoms with van der Waals surface area (Å²) in [5.74, 6) is -0.257. The smallest absolute Gasteiger partial charge is 0.291 e. The van der Waals surface area contributed by atoms with Crippen molar-refractivity contribution in [3.8, 4) is 0 Å². The van der Waals surface area contributed by atoms with Crippen LogP contribution >= 0.6 is 0 Å². The van der Waals surface area contributed by atoms with E-state index < -0.39 is 0 Å². The zero-order valence-corrected chi connectivity index (χ0v) is 16.0. The molecule has 3 rings (SSSR count). The van der Waals surface area contributed by atoms with E-state index in [1.165, 1.54) is 16.7 Å². The Morgan fingerprint density at radius 1 is 0.893 bits per heavy atom. The summed E-state index contributed by atoms with van der Waals surface area (Å²) < 4.78 is 5.05. The lowest BCUT2D eigenvalue weighted by Crippen LogP contribution is -3.04. The van der Waals surface area contributed by atoms with Gasteiger partial charge in [0.25, 0.3) is 11.8 Å². The van der Waals surface area contributed by atoms with Gasteiger partial charge in [-0.15, -0.1) is 0 Å². The highest BCUT2D eigenvalue weighted by molar-refractivity contribution is 6.02. The lowest BCUT2D eigenvalue weighted by molar-refractivity contribution is -0.872. The van der Waals surface area contributed by atoms with E-state index in [-0.39, 0.29) is 17.6 Å². The average molecular weight is 378 g/mol. The summed E-state index contributed by atoms with van der Waals surface area (Å²) in [5, 5.41) is 5.63. The van der Waals surface area contributed by atoms with E-state index in [9.17, 15) is 9.59 Å². The molecule has 2 aromatic carbocycles. The number of quaternary nitrogens is 1. The van der Waals surface area contributed by atoms with Crippen molar-refractivity contribution >= 4 is 17.5 Å². The number of hydrogen-bond acceptors (Lipinski definition) is 3. The van der Waals surface area contributed by atoms with Gasteiger partial charge < -0.3 is 20.0 Å². The van der Waals surface area contributed by atoms with Crippen molar-refractivity contribution in [3.05, 3.63) is 89.4 Å². The van der Waals surface area contributed by atoms with Crippen molar-refractivity contribution in [1.82, 2.24) is 5.32 Å².